The number of unbranched alkanes of at least 4 members (excludes halogenated alkanes) is 3. The zero-order chi connectivity index (χ0) is 13.6. The van der Waals surface area contributed by atoms with E-state index in [9.17, 15) is 5.11 Å². The lowest BCUT2D eigenvalue weighted by Crippen LogP contribution is -2.17. The molecule has 0 fully saturated rings. The van der Waals surface area contributed by atoms with Gasteiger partial charge in [0, 0.05) is 6.61 Å². The molecular formula is C16H28O2. The molecule has 0 bridgehead atoms. The first-order valence-electron chi connectivity index (χ1n) is 7.21. The summed E-state index contributed by atoms with van der Waals surface area (Å²) in [6, 6.07) is 0. The summed E-state index contributed by atoms with van der Waals surface area (Å²) in [6.07, 6.45) is 10.5. The Labute approximate surface area is 112 Å². The smallest absolute Gasteiger partial charge is 0.117 e. The highest BCUT2D eigenvalue weighted by Gasteiger charge is 2.13. The van der Waals surface area contributed by atoms with Crippen molar-refractivity contribution in [1.29, 1.82) is 0 Å². The number of aliphatic hydroxyl groups is 2. The first-order valence-corrected chi connectivity index (χ1v) is 7.21. The van der Waals surface area contributed by atoms with Gasteiger partial charge in [0.15, 0.2) is 0 Å². The number of rotatable bonds is 9. The van der Waals surface area contributed by atoms with E-state index in [0.29, 0.717) is 5.92 Å². The highest BCUT2D eigenvalue weighted by molar-refractivity contribution is 5.18. The number of hydrogen-bond donors (Lipinski definition) is 2. The lowest BCUT2D eigenvalue weighted by atomic mass is 9.95. The molecule has 0 radical (unpaired) electrons. The van der Waals surface area contributed by atoms with E-state index in [1.165, 1.54) is 0 Å². The minimum atomic E-state index is -0.492. The van der Waals surface area contributed by atoms with Crippen LogP contribution in [0.25, 0.3) is 0 Å². The molecule has 18 heavy (non-hydrogen) atoms. The van der Waals surface area contributed by atoms with Crippen molar-refractivity contribution in [1.82, 2.24) is 0 Å². The zero-order valence-corrected chi connectivity index (χ0v) is 11.9. The molecule has 2 unspecified atom stereocenters. The molecular weight excluding hydrogens is 224 g/mol. The molecule has 0 rings (SSSR count). The summed E-state index contributed by atoms with van der Waals surface area (Å²) >= 11 is 0. The van der Waals surface area contributed by atoms with E-state index in [-0.39, 0.29) is 6.61 Å². The van der Waals surface area contributed by atoms with E-state index in [1.807, 2.05) is 12.2 Å². The van der Waals surface area contributed by atoms with Crippen LogP contribution in [0.2, 0.25) is 0 Å². The Kier molecular flexibility index (Phi) is 12.1. The third kappa shape index (κ3) is 9.27. The predicted octanol–water partition coefficient (Wildman–Crippen LogP) is 3.29. The van der Waals surface area contributed by atoms with Crippen LogP contribution in [0, 0.1) is 17.8 Å². The van der Waals surface area contributed by atoms with Crippen LogP contribution in [0.15, 0.2) is 12.2 Å². The standard InChI is InChI=1S/C16H28O2/c1-3-12-15(4-2)16(18)13-10-8-6-5-7-9-11-14-17/h6,8,15-18H,3-5,7,9,11-12,14H2,1-2H3/b8-6-. The van der Waals surface area contributed by atoms with Crippen molar-refractivity contribution >= 4 is 0 Å². The van der Waals surface area contributed by atoms with Crippen LogP contribution in [-0.2, 0) is 0 Å². The molecule has 0 aromatic carbocycles. The van der Waals surface area contributed by atoms with Crippen molar-refractivity contribution < 1.29 is 10.2 Å². The SMILES string of the molecule is CCCC(CC)C(O)C#C/C=C\CCCCCO. The van der Waals surface area contributed by atoms with Gasteiger partial charge in [-0.15, -0.1) is 0 Å². The van der Waals surface area contributed by atoms with Crippen LogP contribution < -0.4 is 0 Å². The Hall–Kier alpha value is -0.780. The third-order valence-electron chi connectivity index (χ3n) is 3.09. The topological polar surface area (TPSA) is 40.5 Å². The van der Waals surface area contributed by atoms with Crippen LogP contribution in [0.3, 0.4) is 0 Å². The number of hydrogen-bond acceptors (Lipinski definition) is 2. The van der Waals surface area contributed by atoms with Gasteiger partial charge in [-0.1, -0.05) is 44.6 Å². The van der Waals surface area contributed by atoms with Crippen LogP contribution in [0.4, 0.5) is 0 Å². The van der Waals surface area contributed by atoms with Gasteiger partial charge in [0.2, 0.25) is 0 Å². The minimum absolute atomic E-state index is 0.283. The number of allylic oxidation sites excluding steroid dienone is 2. The Balaban J connectivity index is 3.82. The van der Waals surface area contributed by atoms with Crippen molar-refractivity contribution in [3.8, 4) is 11.8 Å². The molecule has 0 amide bonds. The molecule has 0 aliphatic rings. The van der Waals surface area contributed by atoms with Gasteiger partial charge >= 0.3 is 0 Å². The maximum absolute atomic E-state index is 9.88. The highest BCUT2D eigenvalue weighted by Crippen LogP contribution is 2.14. The average Bonchev–Trinajstić information content (AvgIpc) is 2.38. The summed E-state index contributed by atoms with van der Waals surface area (Å²) in [5, 5.41) is 18.5. The normalized spacial score (nSPS) is 14.2. The minimum Gasteiger partial charge on any atom is -0.396 e. The molecule has 0 spiro atoms. The molecule has 2 nitrogen and oxygen atoms in total. The van der Waals surface area contributed by atoms with Crippen LogP contribution in [0.5, 0.6) is 0 Å². The van der Waals surface area contributed by atoms with Crippen molar-refractivity contribution in [2.45, 2.75) is 64.9 Å². The molecule has 0 aromatic rings. The molecule has 0 saturated carbocycles. The molecule has 0 aliphatic heterocycles. The quantitative estimate of drug-likeness (QED) is 0.488. The predicted molar refractivity (Wildman–Crippen MR) is 77.2 cm³/mol. The molecule has 104 valence electrons. The van der Waals surface area contributed by atoms with Gasteiger partial charge in [-0.05, 0) is 44.1 Å². The van der Waals surface area contributed by atoms with Crippen LogP contribution in [-0.4, -0.2) is 22.9 Å². The van der Waals surface area contributed by atoms with Crippen LogP contribution in [0.1, 0.15) is 58.8 Å². The molecule has 0 aliphatic carbocycles. The first kappa shape index (κ1) is 17.2. The van der Waals surface area contributed by atoms with Gasteiger partial charge in [0.1, 0.15) is 6.10 Å². The summed E-state index contributed by atoms with van der Waals surface area (Å²) in [7, 11) is 0. The summed E-state index contributed by atoms with van der Waals surface area (Å²) in [4.78, 5) is 0. The fourth-order valence-corrected chi connectivity index (χ4v) is 1.90. The number of aliphatic hydroxyl groups excluding tert-OH is 2. The molecule has 2 N–H and O–H groups in total. The lowest BCUT2D eigenvalue weighted by molar-refractivity contribution is 0.151. The maximum Gasteiger partial charge on any atom is 0.117 e. The Morgan fingerprint density at radius 2 is 1.94 bits per heavy atom. The first-order chi connectivity index (χ1) is 8.76. The van der Waals surface area contributed by atoms with Crippen molar-refractivity contribution in [3.05, 3.63) is 12.2 Å². The lowest BCUT2D eigenvalue weighted by Gasteiger charge is -2.15. The molecule has 0 saturated heterocycles. The molecule has 2 atom stereocenters. The van der Waals surface area contributed by atoms with Crippen molar-refractivity contribution in [2.75, 3.05) is 6.61 Å². The Morgan fingerprint density at radius 3 is 2.56 bits per heavy atom. The van der Waals surface area contributed by atoms with E-state index >= 15 is 0 Å². The second kappa shape index (κ2) is 12.7. The van der Waals surface area contributed by atoms with Gasteiger partial charge < -0.3 is 10.2 Å². The van der Waals surface area contributed by atoms with E-state index in [0.717, 1.165) is 44.9 Å². The fraction of sp³-hybridized carbons (Fsp3) is 0.750. The Bertz CT molecular complexity index is 260. The summed E-state index contributed by atoms with van der Waals surface area (Å²) in [5.74, 6) is 6.12. The molecule has 2 heteroatoms. The average molecular weight is 252 g/mol. The van der Waals surface area contributed by atoms with E-state index in [4.69, 9.17) is 5.11 Å². The zero-order valence-electron chi connectivity index (χ0n) is 11.9. The third-order valence-corrected chi connectivity index (χ3v) is 3.09. The van der Waals surface area contributed by atoms with Crippen molar-refractivity contribution in [3.63, 3.8) is 0 Å². The highest BCUT2D eigenvalue weighted by atomic mass is 16.3. The monoisotopic (exact) mass is 252 g/mol. The second-order valence-corrected chi connectivity index (χ2v) is 4.67. The van der Waals surface area contributed by atoms with Crippen molar-refractivity contribution in [2.24, 2.45) is 5.92 Å². The fourth-order valence-electron chi connectivity index (χ4n) is 1.90. The van der Waals surface area contributed by atoms with E-state index < -0.39 is 6.10 Å². The molecule has 0 heterocycles. The summed E-state index contributed by atoms with van der Waals surface area (Å²) in [6.45, 7) is 4.52. The van der Waals surface area contributed by atoms with Gasteiger partial charge in [-0.3, -0.25) is 0 Å². The van der Waals surface area contributed by atoms with Gasteiger partial charge in [-0.25, -0.2) is 0 Å². The van der Waals surface area contributed by atoms with E-state index in [2.05, 4.69) is 25.7 Å². The molecule has 0 aromatic heterocycles. The van der Waals surface area contributed by atoms with Gasteiger partial charge in [0.05, 0.1) is 0 Å². The summed E-state index contributed by atoms with van der Waals surface area (Å²) < 4.78 is 0. The van der Waals surface area contributed by atoms with Gasteiger partial charge in [0.25, 0.3) is 0 Å². The van der Waals surface area contributed by atoms with Gasteiger partial charge in [-0.2, -0.15) is 0 Å². The van der Waals surface area contributed by atoms with Crippen LogP contribution >= 0.6 is 0 Å². The maximum atomic E-state index is 9.88. The summed E-state index contributed by atoms with van der Waals surface area (Å²) in [5.41, 5.74) is 0. The Morgan fingerprint density at radius 1 is 1.17 bits per heavy atom. The largest absolute Gasteiger partial charge is 0.396 e. The second-order valence-electron chi connectivity index (χ2n) is 4.67. The van der Waals surface area contributed by atoms with E-state index in [1.54, 1.807) is 0 Å².